The molecule has 0 aliphatic carbocycles. The molecule has 0 bridgehead atoms. The zero-order chi connectivity index (χ0) is 22.5. The third kappa shape index (κ3) is 4.75. The third-order valence-electron chi connectivity index (χ3n) is 5.06. The van der Waals surface area contributed by atoms with E-state index in [-0.39, 0.29) is 11.8 Å². The number of amides is 2. The molecule has 0 spiro atoms. The van der Waals surface area contributed by atoms with E-state index in [1.54, 1.807) is 35.1 Å². The van der Waals surface area contributed by atoms with Crippen LogP contribution in [0, 0.1) is 0 Å². The van der Waals surface area contributed by atoms with Gasteiger partial charge in [-0.05, 0) is 42.3 Å². The molecule has 0 saturated heterocycles. The first-order valence-electron chi connectivity index (χ1n) is 10.5. The van der Waals surface area contributed by atoms with Crippen LogP contribution in [0.4, 0.5) is 11.4 Å². The lowest BCUT2D eigenvalue weighted by Crippen LogP contribution is -2.13. The van der Waals surface area contributed by atoms with Crippen molar-refractivity contribution in [1.29, 1.82) is 0 Å². The van der Waals surface area contributed by atoms with Gasteiger partial charge in [0.1, 0.15) is 5.69 Å². The van der Waals surface area contributed by atoms with Gasteiger partial charge < -0.3 is 10.6 Å². The van der Waals surface area contributed by atoms with E-state index in [4.69, 9.17) is 5.10 Å². The normalized spacial score (nSPS) is 10.6. The van der Waals surface area contributed by atoms with E-state index in [9.17, 15) is 9.59 Å². The molecule has 0 aliphatic heterocycles. The second-order valence-electron chi connectivity index (χ2n) is 7.44. The smallest absolute Gasteiger partial charge is 0.259 e. The fraction of sp³-hybridized carbons (Fsp3) is 0.115. The van der Waals surface area contributed by atoms with Crippen LogP contribution >= 0.6 is 0 Å². The molecule has 4 rings (SSSR count). The lowest BCUT2D eigenvalue weighted by atomic mass is 10.0. The van der Waals surface area contributed by atoms with Gasteiger partial charge in [-0.25, -0.2) is 4.68 Å². The molecule has 2 N–H and O–H groups in total. The molecule has 2 amide bonds. The average molecular weight is 425 g/mol. The summed E-state index contributed by atoms with van der Waals surface area (Å²) in [6.45, 7) is 3.55. The van der Waals surface area contributed by atoms with Crippen LogP contribution in [0.2, 0.25) is 0 Å². The Labute approximate surface area is 186 Å². The Morgan fingerprint density at radius 3 is 2.22 bits per heavy atom. The van der Waals surface area contributed by atoms with Crippen molar-refractivity contribution in [3.63, 3.8) is 0 Å². The molecule has 1 heterocycles. The summed E-state index contributed by atoms with van der Waals surface area (Å²) >= 11 is 0. The third-order valence-corrected chi connectivity index (χ3v) is 5.06. The number of hydrogen-bond donors (Lipinski definition) is 2. The average Bonchev–Trinajstić information content (AvgIpc) is 3.25. The first kappa shape index (κ1) is 21.1. The van der Waals surface area contributed by atoms with E-state index in [0.29, 0.717) is 22.6 Å². The molecule has 0 unspecified atom stereocenters. The molecule has 4 aromatic rings. The molecule has 0 saturated carbocycles. The summed E-state index contributed by atoms with van der Waals surface area (Å²) in [5.41, 5.74) is 5.22. The molecule has 6 nitrogen and oxygen atoms in total. The number of carbonyl (C=O) groups is 2. The predicted molar refractivity (Wildman–Crippen MR) is 127 cm³/mol. The van der Waals surface area contributed by atoms with Crippen molar-refractivity contribution in [2.75, 3.05) is 10.6 Å². The van der Waals surface area contributed by atoms with Gasteiger partial charge in [0.15, 0.2) is 0 Å². The van der Waals surface area contributed by atoms with Gasteiger partial charge in [0.05, 0.1) is 11.3 Å². The van der Waals surface area contributed by atoms with Gasteiger partial charge >= 0.3 is 0 Å². The van der Waals surface area contributed by atoms with Crippen molar-refractivity contribution in [2.45, 2.75) is 20.3 Å². The Hall–Kier alpha value is -4.19. The first-order chi connectivity index (χ1) is 15.5. The highest BCUT2D eigenvalue weighted by Gasteiger charge is 2.19. The quantitative estimate of drug-likeness (QED) is 0.440. The lowest BCUT2D eigenvalue weighted by Gasteiger charge is -2.08. The Bertz CT molecular complexity index is 1240. The summed E-state index contributed by atoms with van der Waals surface area (Å²) in [7, 11) is 0. The van der Waals surface area contributed by atoms with E-state index in [0.717, 1.165) is 17.7 Å². The van der Waals surface area contributed by atoms with E-state index < -0.39 is 0 Å². The molecule has 0 aliphatic rings. The zero-order valence-corrected chi connectivity index (χ0v) is 18.0. The van der Waals surface area contributed by atoms with Crippen molar-refractivity contribution in [3.05, 3.63) is 96.2 Å². The topological polar surface area (TPSA) is 76.0 Å². The summed E-state index contributed by atoms with van der Waals surface area (Å²) in [5.74, 6) is -0.447. The summed E-state index contributed by atoms with van der Waals surface area (Å²) in [5, 5.41) is 10.4. The van der Waals surface area contributed by atoms with Crippen molar-refractivity contribution < 1.29 is 9.59 Å². The number of rotatable bonds is 6. The monoisotopic (exact) mass is 424 g/mol. The molecular weight excluding hydrogens is 400 g/mol. The van der Waals surface area contributed by atoms with Gasteiger partial charge in [0.2, 0.25) is 5.91 Å². The summed E-state index contributed by atoms with van der Waals surface area (Å²) in [6, 6.07) is 24.8. The number of aryl methyl sites for hydroxylation is 1. The minimum Gasteiger partial charge on any atom is -0.326 e. The van der Waals surface area contributed by atoms with Gasteiger partial charge in [0.25, 0.3) is 5.91 Å². The zero-order valence-electron chi connectivity index (χ0n) is 18.0. The van der Waals surface area contributed by atoms with Crippen LogP contribution in [-0.2, 0) is 11.2 Å². The minimum absolute atomic E-state index is 0.171. The minimum atomic E-state index is -0.276. The van der Waals surface area contributed by atoms with Crippen molar-refractivity contribution in [2.24, 2.45) is 0 Å². The highest BCUT2D eigenvalue weighted by Crippen LogP contribution is 2.26. The number of benzene rings is 3. The fourth-order valence-corrected chi connectivity index (χ4v) is 3.44. The fourth-order valence-electron chi connectivity index (χ4n) is 3.44. The van der Waals surface area contributed by atoms with E-state index in [1.807, 2.05) is 42.5 Å². The van der Waals surface area contributed by atoms with Crippen LogP contribution < -0.4 is 10.6 Å². The van der Waals surface area contributed by atoms with Gasteiger partial charge in [0, 0.05) is 30.1 Å². The second-order valence-corrected chi connectivity index (χ2v) is 7.44. The number of anilines is 2. The molecule has 160 valence electrons. The van der Waals surface area contributed by atoms with Crippen molar-refractivity contribution >= 4 is 23.2 Å². The molecule has 0 fully saturated rings. The Morgan fingerprint density at radius 1 is 0.875 bits per heavy atom. The lowest BCUT2D eigenvalue weighted by molar-refractivity contribution is -0.114. The molecule has 1 aromatic heterocycles. The van der Waals surface area contributed by atoms with E-state index in [1.165, 1.54) is 12.5 Å². The molecule has 0 atom stereocenters. The highest BCUT2D eigenvalue weighted by molar-refractivity contribution is 6.08. The second kappa shape index (κ2) is 9.31. The number of aromatic nitrogens is 2. The Balaban J connectivity index is 1.70. The molecule has 3 aromatic carbocycles. The van der Waals surface area contributed by atoms with Crippen LogP contribution in [0.3, 0.4) is 0 Å². The maximum atomic E-state index is 13.3. The standard InChI is InChI=1S/C26H24N4O2/c1-3-19-12-14-20(15-13-19)25-24(17-30(29-25)23-10-5-4-6-11-23)26(32)28-22-9-7-8-21(16-22)27-18(2)31/h4-17H,3H2,1-2H3,(H,27,31)(H,28,32). The largest absolute Gasteiger partial charge is 0.326 e. The van der Waals surface area contributed by atoms with Crippen LogP contribution in [0.25, 0.3) is 16.9 Å². The number of nitrogens with one attached hydrogen (secondary N) is 2. The van der Waals surface area contributed by atoms with Gasteiger partial charge in [-0.3, -0.25) is 9.59 Å². The van der Waals surface area contributed by atoms with Crippen molar-refractivity contribution in [1.82, 2.24) is 9.78 Å². The highest BCUT2D eigenvalue weighted by atomic mass is 16.2. The number of nitrogens with zero attached hydrogens (tertiary/aromatic N) is 2. The predicted octanol–water partition coefficient (Wildman–Crippen LogP) is 5.31. The number of hydrogen-bond acceptors (Lipinski definition) is 3. The van der Waals surface area contributed by atoms with Crippen LogP contribution in [0.1, 0.15) is 29.8 Å². The molecule has 32 heavy (non-hydrogen) atoms. The van der Waals surface area contributed by atoms with Crippen molar-refractivity contribution in [3.8, 4) is 16.9 Å². The summed E-state index contributed by atoms with van der Waals surface area (Å²) in [4.78, 5) is 24.6. The summed E-state index contributed by atoms with van der Waals surface area (Å²) < 4.78 is 1.71. The molecule has 0 radical (unpaired) electrons. The van der Waals surface area contributed by atoms with E-state index >= 15 is 0 Å². The number of carbonyl (C=O) groups excluding carboxylic acids is 2. The van der Waals surface area contributed by atoms with Crippen LogP contribution in [-0.4, -0.2) is 21.6 Å². The molecule has 6 heteroatoms. The maximum absolute atomic E-state index is 13.3. The molecular formula is C26H24N4O2. The van der Waals surface area contributed by atoms with Crippen LogP contribution in [0.15, 0.2) is 85.1 Å². The van der Waals surface area contributed by atoms with E-state index in [2.05, 4.69) is 29.7 Å². The Morgan fingerprint density at radius 2 is 1.56 bits per heavy atom. The summed E-state index contributed by atoms with van der Waals surface area (Å²) in [6.07, 6.45) is 2.68. The van der Waals surface area contributed by atoms with Crippen LogP contribution in [0.5, 0.6) is 0 Å². The number of para-hydroxylation sites is 1. The Kier molecular flexibility index (Phi) is 6.12. The maximum Gasteiger partial charge on any atom is 0.259 e. The van der Waals surface area contributed by atoms with Gasteiger partial charge in [-0.1, -0.05) is 55.5 Å². The first-order valence-corrected chi connectivity index (χ1v) is 10.5. The SMILES string of the molecule is CCc1ccc(-c2nn(-c3ccccc3)cc2C(=O)Nc2cccc(NC(C)=O)c2)cc1. The van der Waals surface area contributed by atoms with Gasteiger partial charge in [-0.2, -0.15) is 5.10 Å². The van der Waals surface area contributed by atoms with Gasteiger partial charge in [-0.15, -0.1) is 0 Å².